The van der Waals surface area contributed by atoms with Gasteiger partial charge >= 0.3 is 11.9 Å². The van der Waals surface area contributed by atoms with Crippen molar-refractivity contribution >= 4 is 23.8 Å². The molecule has 0 aromatic heterocycles. The van der Waals surface area contributed by atoms with Gasteiger partial charge in [0.05, 0.1) is 12.3 Å². The SMILES string of the molecule is CC[C@@H](CC(=O)OC(C)(C)C)C(=O)ON1C(=O)CCC1=O. The minimum absolute atomic E-state index is 0.0367. The topological polar surface area (TPSA) is 90.0 Å². The van der Waals surface area contributed by atoms with Crippen LogP contribution in [0.4, 0.5) is 0 Å². The number of carbonyl (C=O) groups excluding carboxylic acids is 4. The first kappa shape index (κ1) is 17.1. The molecule has 2 amide bonds. The highest BCUT2D eigenvalue weighted by atomic mass is 16.7. The number of nitrogens with zero attached hydrogens (tertiary/aromatic N) is 1. The highest BCUT2D eigenvalue weighted by Gasteiger charge is 2.35. The van der Waals surface area contributed by atoms with E-state index in [9.17, 15) is 19.2 Å². The van der Waals surface area contributed by atoms with Crippen LogP contribution in [0, 0.1) is 5.92 Å². The van der Waals surface area contributed by atoms with Crippen molar-refractivity contribution in [3.8, 4) is 0 Å². The fraction of sp³-hybridized carbons (Fsp3) is 0.714. The van der Waals surface area contributed by atoms with Crippen molar-refractivity contribution in [1.29, 1.82) is 0 Å². The number of hydrogen-bond donors (Lipinski definition) is 0. The summed E-state index contributed by atoms with van der Waals surface area (Å²) in [7, 11) is 0. The van der Waals surface area contributed by atoms with Crippen LogP contribution in [-0.2, 0) is 28.8 Å². The lowest BCUT2D eigenvalue weighted by molar-refractivity contribution is -0.201. The Morgan fingerprint density at radius 1 is 1.19 bits per heavy atom. The molecule has 0 aromatic carbocycles. The summed E-state index contributed by atoms with van der Waals surface area (Å²) in [5, 5.41) is 0.486. The Labute approximate surface area is 123 Å². The molecule has 1 fully saturated rings. The van der Waals surface area contributed by atoms with Crippen molar-refractivity contribution in [3.63, 3.8) is 0 Å². The molecule has 0 unspecified atom stereocenters. The molecular weight excluding hydrogens is 278 g/mol. The lowest BCUT2D eigenvalue weighted by atomic mass is 10.0. The van der Waals surface area contributed by atoms with E-state index in [2.05, 4.69) is 0 Å². The van der Waals surface area contributed by atoms with Gasteiger partial charge in [-0.3, -0.25) is 14.4 Å². The van der Waals surface area contributed by atoms with Crippen LogP contribution in [0.3, 0.4) is 0 Å². The van der Waals surface area contributed by atoms with Crippen LogP contribution >= 0.6 is 0 Å². The zero-order chi connectivity index (χ0) is 16.2. The maximum atomic E-state index is 11.9. The molecule has 1 aliphatic heterocycles. The molecule has 118 valence electrons. The van der Waals surface area contributed by atoms with E-state index in [0.29, 0.717) is 11.5 Å². The summed E-state index contributed by atoms with van der Waals surface area (Å²) >= 11 is 0. The number of ether oxygens (including phenoxy) is 1. The summed E-state index contributed by atoms with van der Waals surface area (Å²) in [4.78, 5) is 51.2. The Morgan fingerprint density at radius 3 is 2.14 bits per heavy atom. The van der Waals surface area contributed by atoms with Crippen LogP contribution < -0.4 is 0 Å². The summed E-state index contributed by atoms with van der Waals surface area (Å²) in [6, 6.07) is 0. The first-order valence-corrected chi connectivity index (χ1v) is 6.93. The van der Waals surface area contributed by atoms with Crippen molar-refractivity contribution in [3.05, 3.63) is 0 Å². The second-order valence-corrected chi connectivity index (χ2v) is 5.89. The van der Waals surface area contributed by atoms with Gasteiger partial charge in [0.15, 0.2) is 0 Å². The number of esters is 1. The molecule has 7 heteroatoms. The first-order chi connectivity index (χ1) is 9.64. The Balaban J connectivity index is 2.59. The lowest BCUT2D eigenvalue weighted by Gasteiger charge is -2.22. The van der Waals surface area contributed by atoms with Crippen molar-refractivity contribution in [2.75, 3.05) is 0 Å². The molecule has 1 aliphatic rings. The van der Waals surface area contributed by atoms with Gasteiger partial charge in [0.2, 0.25) is 0 Å². The van der Waals surface area contributed by atoms with Gasteiger partial charge in [-0.1, -0.05) is 6.92 Å². The standard InChI is InChI=1S/C14H21NO6/c1-5-9(8-12(18)20-14(2,3)4)13(19)21-15-10(16)6-7-11(15)17/h9H,5-8H2,1-4H3/t9-/m0/s1. The zero-order valence-corrected chi connectivity index (χ0v) is 12.8. The molecule has 1 heterocycles. The van der Waals surface area contributed by atoms with Crippen LogP contribution in [0.2, 0.25) is 0 Å². The largest absolute Gasteiger partial charge is 0.460 e. The predicted molar refractivity (Wildman–Crippen MR) is 71.4 cm³/mol. The molecule has 0 spiro atoms. The van der Waals surface area contributed by atoms with Crippen LogP contribution in [0.1, 0.15) is 53.4 Å². The monoisotopic (exact) mass is 299 g/mol. The lowest BCUT2D eigenvalue weighted by Crippen LogP contribution is -2.35. The fourth-order valence-corrected chi connectivity index (χ4v) is 1.80. The first-order valence-electron chi connectivity index (χ1n) is 6.93. The van der Waals surface area contributed by atoms with Gasteiger partial charge in [0.25, 0.3) is 11.8 Å². The molecule has 0 bridgehead atoms. The molecule has 0 aliphatic carbocycles. The Morgan fingerprint density at radius 2 is 1.71 bits per heavy atom. The van der Waals surface area contributed by atoms with Gasteiger partial charge in [-0.15, -0.1) is 5.06 Å². The van der Waals surface area contributed by atoms with E-state index in [1.165, 1.54) is 0 Å². The van der Waals surface area contributed by atoms with Crippen LogP contribution in [-0.4, -0.2) is 34.4 Å². The molecule has 1 saturated heterocycles. The molecule has 7 nitrogen and oxygen atoms in total. The van der Waals surface area contributed by atoms with Crippen LogP contribution in [0.25, 0.3) is 0 Å². The third-order valence-electron chi connectivity index (χ3n) is 2.85. The Bertz CT molecular complexity index is 435. The zero-order valence-electron chi connectivity index (χ0n) is 12.8. The van der Waals surface area contributed by atoms with E-state index in [4.69, 9.17) is 9.57 Å². The smallest absolute Gasteiger partial charge is 0.336 e. The summed E-state index contributed by atoms with van der Waals surface area (Å²) in [5.74, 6) is -3.13. The molecule has 1 rings (SSSR count). The van der Waals surface area contributed by atoms with Gasteiger partial charge in [0, 0.05) is 12.8 Å². The number of amides is 2. The maximum Gasteiger partial charge on any atom is 0.336 e. The molecular formula is C14H21NO6. The van der Waals surface area contributed by atoms with E-state index in [-0.39, 0.29) is 19.3 Å². The Kier molecular flexibility index (Phi) is 5.46. The highest BCUT2D eigenvalue weighted by Crippen LogP contribution is 2.19. The number of rotatable bonds is 5. The molecule has 0 radical (unpaired) electrons. The second-order valence-electron chi connectivity index (χ2n) is 5.89. The van der Waals surface area contributed by atoms with E-state index in [1.54, 1.807) is 27.7 Å². The normalized spacial score (nSPS) is 16.9. The van der Waals surface area contributed by atoms with Crippen molar-refractivity contribution in [1.82, 2.24) is 5.06 Å². The maximum absolute atomic E-state index is 11.9. The van der Waals surface area contributed by atoms with Crippen molar-refractivity contribution in [2.24, 2.45) is 5.92 Å². The van der Waals surface area contributed by atoms with Gasteiger partial charge < -0.3 is 9.57 Å². The van der Waals surface area contributed by atoms with Gasteiger partial charge in [-0.05, 0) is 27.2 Å². The molecule has 0 saturated carbocycles. The van der Waals surface area contributed by atoms with E-state index < -0.39 is 35.3 Å². The van der Waals surface area contributed by atoms with E-state index >= 15 is 0 Å². The quantitative estimate of drug-likeness (QED) is 0.562. The van der Waals surface area contributed by atoms with E-state index in [0.717, 1.165) is 0 Å². The van der Waals surface area contributed by atoms with E-state index in [1.807, 2.05) is 0 Å². The minimum Gasteiger partial charge on any atom is -0.460 e. The van der Waals surface area contributed by atoms with Crippen molar-refractivity contribution < 1.29 is 28.8 Å². The average Bonchev–Trinajstić information content (AvgIpc) is 2.65. The van der Waals surface area contributed by atoms with Gasteiger partial charge in [-0.25, -0.2) is 4.79 Å². The van der Waals surface area contributed by atoms with Gasteiger partial charge in [0.1, 0.15) is 5.60 Å². The number of hydroxylamine groups is 2. The summed E-state index contributed by atoms with van der Waals surface area (Å²) in [6.07, 6.45) is 0.265. The highest BCUT2D eigenvalue weighted by molar-refractivity contribution is 6.01. The molecule has 0 aromatic rings. The number of carbonyl (C=O) groups is 4. The number of hydrogen-bond acceptors (Lipinski definition) is 6. The second kappa shape index (κ2) is 6.69. The third-order valence-corrected chi connectivity index (χ3v) is 2.85. The molecule has 0 N–H and O–H groups in total. The third kappa shape index (κ3) is 5.17. The minimum atomic E-state index is -0.771. The fourth-order valence-electron chi connectivity index (χ4n) is 1.80. The van der Waals surface area contributed by atoms with Crippen LogP contribution in [0.5, 0.6) is 0 Å². The van der Waals surface area contributed by atoms with Crippen LogP contribution in [0.15, 0.2) is 0 Å². The summed E-state index contributed by atoms with van der Waals surface area (Å²) in [5.41, 5.74) is -0.639. The number of imide groups is 1. The Hall–Kier alpha value is -1.92. The van der Waals surface area contributed by atoms with Crippen molar-refractivity contribution in [2.45, 2.75) is 59.0 Å². The molecule has 1 atom stereocenters. The summed E-state index contributed by atoms with van der Waals surface area (Å²) in [6.45, 7) is 6.90. The average molecular weight is 299 g/mol. The van der Waals surface area contributed by atoms with Gasteiger partial charge in [-0.2, -0.15) is 0 Å². The predicted octanol–water partition coefficient (Wildman–Crippen LogP) is 1.35. The summed E-state index contributed by atoms with van der Waals surface area (Å²) < 4.78 is 5.14. The molecule has 21 heavy (non-hydrogen) atoms.